The van der Waals surface area contributed by atoms with E-state index in [4.69, 9.17) is 37.4 Å². The van der Waals surface area contributed by atoms with Gasteiger partial charge >= 0.3 is 0 Å². The molecule has 0 aliphatic heterocycles. The number of anilines is 1. The number of Topliss-reactive ketones (excluding diaryl/α,β-unsaturated/α-hetero) is 1. The first kappa shape index (κ1) is 20.4. The number of ether oxygens (including phenoxy) is 3. The van der Waals surface area contributed by atoms with Crippen LogP contribution in [-0.2, 0) is 0 Å². The number of nitriles is 1. The van der Waals surface area contributed by atoms with Crippen LogP contribution >= 0.6 is 23.2 Å². The fourth-order valence-electron chi connectivity index (χ4n) is 2.17. The molecule has 2 aromatic rings. The molecule has 27 heavy (non-hydrogen) atoms. The first-order chi connectivity index (χ1) is 12.9. The maximum atomic E-state index is 12.7. The van der Waals surface area contributed by atoms with Gasteiger partial charge < -0.3 is 14.2 Å². The standard InChI is InChI=1S/C18H15Cl2N3O4/c1-25-15-6-10(7-16(26-2)18(15)27-3)17(24)14(9-21)23-22-13-5-4-11(19)8-12(13)20/h4-8,22H,1-3H3/b23-14+. The number of halogens is 2. The quantitative estimate of drug-likeness (QED) is 0.420. The molecule has 0 saturated carbocycles. The van der Waals surface area contributed by atoms with Crippen molar-refractivity contribution in [2.45, 2.75) is 0 Å². The third-order valence-electron chi connectivity index (χ3n) is 3.47. The van der Waals surface area contributed by atoms with Gasteiger partial charge in [-0.05, 0) is 30.3 Å². The molecule has 0 spiro atoms. The fraction of sp³-hybridized carbons (Fsp3) is 0.167. The number of nitrogens with one attached hydrogen (secondary N) is 1. The summed E-state index contributed by atoms with van der Waals surface area (Å²) in [6.45, 7) is 0. The highest BCUT2D eigenvalue weighted by atomic mass is 35.5. The van der Waals surface area contributed by atoms with Gasteiger partial charge in [-0.25, -0.2) is 0 Å². The van der Waals surface area contributed by atoms with Gasteiger partial charge in [-0.3, -0.25) is 10.2 Å². The minimum absolute atomic E-state index is 0.147. The van der Waals surface area contributed by atoms with Crippen LogP contribution in [0.2, 0.25) is 10.0 Å². The third kappa shape index (κ3) is 4.61. The van der Waals surface area contributed by atoms with Crippen LogP contribution in [0.25, 0.3) is 0 Å². The van der Waals surface area contributed by atoms with E-state index < -0.39 is 5.78 Å². The average molecular weight is 408 g/mol. The molecule has 0 radical (unpaired) electrons. The van der Waals surface area contributed by atoms with Crippen LogP contribution in [0.5, 0.6) is 17.2 Å². The van der Waals surface area contributed by atoms with Crippen molar-refractivity contribution in [3.63, 3.8) is 0 Å². The maximum Gasteiger partial charge on any atom is 0.224 e. The number of methoxy groups -OCH3 is 3. The van der Waals surface area contributed by atoms with E-state index in [1.807, 2.05) is 0 Å². The van der Waals surface area contributed by atoms with Crippen LogP contribution in [-0.4, -0.2) is 32.8 Å². The summed E-state index contributed by atoms with van der Waals surface area (Å²) in [4.78, 5) is 12.7. The van der Waals surface area contributed by atoms with E-state index in [1.54, 1.807) is 18.2 Å². The van der Waals surface area contributed by atoms with Crippen LogP contribution in [0.15, 0.2) is 35.4 Å². The molecule has 1 N–H and O–H groups in total. The molecule has 0 saturated heterocycles. The molecule has 2 aromatic carbocycles. The Morgan fingerprint density at radius 3 is 2.19 bits per heavy atom. The summed E-state index contributed by atoms with van der Waals surface area (Å²) >= 11 is 11.9. The van der Waals surface area contributed by atoms with E-state index >= 15 is 0 Å². The zero-order valence-electron chi connectivity index (χ0n) is 14.7. The fourth-order valence-corrected chi connectivity index (χ4v) is 2.62. The van der Waals surface area contributed by atoms with Gasteiger partial charge in [0.2, 0.25) is 17.2 Å². The number of hydrazone groups is 1. The van der Waals surface area contributed by atoms with Gasteiger partial charge in [0.05, 0.1) is 32.0 Å². The Labute approximate surface area is 166 Å². The van der Waals surface area contributed by atoms with Crippen LogP contribution in [0.1, 0.15) is 10.4 Å². The minimum Gasteiger partial charge on any atom is -0.493 e. The summed E-state index contributed by atoms with van der Waals surface area (Å²) in [5.41, 5.74) is 2.75. The van der Waals surface area contributed by atoms with E-state index in [-0.39, 0.29) is 22.8 Å². The number of rotatable bonds is 7. The predicted molar refractivity (Wildman–Crippen MR) is 104 cm³/mol. The van der Waals surface area contributed by atoms with Crippen molar-refractivity contribution in [1.82, 2.24) is 0 Å². The lowest BCUT2D eigenvalue weighted by Gasteiger charge is -2.13. The van der Waals surface area contributed by atoms with E-state index in [1.165, 1.54) is 39.5 Å². The molecule has 0 aliphatic carbocycles. The van der Waals surface area contributed by atoms with Gasteiger partial charge in [0.25, 0.3) is 0 Å². The Kier molecular flexibility index (Phi) is 6.88. The molecule has 140 valence electrons. The summed E-state index contributed by atoms with van der Waals surface area (Å²) in [5.74, 6) is 0.268. The Bertz CT molecular complexity index is 914. The Hall–Kier alpha value is -2.95. The first-order valence-corrected chi connectivity index (χ1v) is 8.24. The van der Waals surface area contributed by atoms with Gasteiger partial charge in [0.15, 0.2) is 11.5 Å². The number of carbonyl (C=O) groups excluding carboxylic acids is 1. The highest BCUT2D eigenvalue weighted by Gasteiger charge is 2.20. The lowest BCUT2D eigenvalue weighted by atomic mass is 10.1. The first-order valence-electron chi connectivity index (χ1n) is 7.48. The smallest absolute Gasteiger partial charge is 0.224 e. The predicted octanol–water partition coefficient (Wildman–Crippen LogP) is 4.19. The SMILES string of the molecule is COc1cc(C(=O)/C(C#N)=N/Nc2ccc(Cl)cc2Cl)cc(OC)c1OC. The Balaban J connectivity index is 2.37. The van der Waals surface area contributed by atoms with Gasteiger partial charge in [-0.1, -0.05) is 23.2 Å². The molecular weight excluding hydrogens is 393 g/mol. The maximum absolute atomic E-state index is 12.7. The highest BCUT2D eigenvalue weighted by molar-refractivity contribution is 6.51. The number of carbonyl (C=O) groups is 1. The van der Waals surface area contributed by atoms with Crippen molar-refractivity contribution in [3.8, 4) is 23.3 Å². The van der Waals surface area contributed by atoms with E-state index in [0.717, 1.165) is 0 Å². The molecule has 0 bridgehead atoms. The minimum atomic E-state index is -0.630. The zero-order valence-corrected chi connectivity index (χ0v) is 16.2. The molecular formula is C18H15Cl2N3O4. The van der Waals surface area contributed by atoms with Crippen LogP contribution in [0, 0.1) is 11.3 Å². The number of ketones is 1. The summed E-state index contributed by atoms with van der Waals surface area (Å²) < 4.78 is 15.6. The summed E-state index contributed by atoms with van der Waals surface area (Å²) in [5, 5.41) is 13.9. The van der Waals surface area contributed by atoms with Gasteiger partial charge in [-0.2, -0.15) is 10.4 Å². The normalized spacial score (nSPS) is 10.7. The van der Waals surface area contributed by atoms with E-state index in [0.29, 0.717) is 21.5 Å². The topological polar surface area (TPSA) is 92.9 Å². The van der Waals surface area contributed by atoms with Crippen LogP contribution in [0.3, 0.4) is 0 Å². The van der Waals surface area contributed by atoms with Gasteiger partial charge in [0, 0.05) is 10.6 Å². The number of benzene rings is 2. The number of hydrogen-bond acceptors (Lipinski definition) is 7. The summed E-state index contributed by atoms with van der Waals surface area (Å²) in [7, 11) is 4.30. The van der Waals surface area contributed by atoms with E-state index in [9.17, 15) is 10.1 Å². The molecule has 0 atom stereocenters. The largest absolute Gasteiger partial charge is 0.493 e. The van der Waals surface area contributed by atoms with Crippen molar-refractivity contribution in [2.75, 3.05) is 26.8 Å². The van der Waals surface area contributed by atoms with Crippen LogP contribution in [0.4, 0.5) is 5.69 Å². The molecule has 0 aliphatic rings. The van der Waals surface area contributed by atoms with Crippen molar-refractivity contribution < 1.29 is 19.0 Å². The highest BCUT2D eigenvalue weighted by Crippen LogP contribution is 2.38. The molecule has 2 rings (SSSR count). The monoisotopic (exact) mass is 407 g/mol. The second kappa shape index (κ2) is 9.12. The summed E-state index contributed by atoms with van der Waals surface area (Å²) in [6.07, 6.45) is 0. The van der Waals surface area contributed by atoms with Crippen LogP contribution < -0.4 is 19.6 Å². The Morgan fingerprint density at radius 1 is 1.07 bits per heavy atom. The van der Waals surface area contributed by atoms with E-state index in [2.05, 4.69) is 10.5 Å². The lowest BCUT2D eigenvalue weighted by Crippen LogP contribution is -2.15. The van der Waals surface area contributed by atoms with Crippen molar-refractivity contribution in [2.24, 2.45) is 5.10 Å². The van der Waals surface area contributed by atoms with Gasteiger partial charge in [-0.15, -0.1) is 0 Å². The second-order valence-electron chi connectivity index (χ2n) is 5.05. The number of nitrogens with zero attached hydrogens (tertiary/aromatic N) is 2. The van der Waals surface area contributed by atoms with Crippen molar-refractivity contribution in [1.29, 1.82) is 5.26 Å². The summed E-state index contributed by atoms with van der Waals surface area (Å²) in [6, 6.07) is 9.31. The Morgan fingerprint density at radius 2 is 1.70 bits per heavy atom. The molecule has 7 nitrogen and oxygen atoms in total. The molecule has 9 heteroatoms. The van der Waals surface area contributed by atoms with Crippen molar-refractivity contribution in [3.05, 3.63) is 45.9 Å². The molecule has 0 heterocycles. The van der Waals surface area contributed by atoms with Gasteiger partial charge in [0.1, 0.15) is 6.07 Å². The third-order valence-corrected chi connectivity index (χ3v) is 4.01. The molecule has 0 aromatic heterocycles. The second-order valence-corrected chi connectivity index (χ2v) is 5.89. The molecule has 0 amide bonds. The number of hydrogen-bond donors (Lipinski definition) is 1. The average Bonchev–Trinajstić information content (AvgIpc) is 2.68. The van der Waals surface area contributed by atoms with Crippen molar-refractivity contribution >= 4 is 40.4 Å². The molecule has 0 unspecified atom stereocenters. The molecule has 0 fully saturated rings. The zero-order chi connectivity index (χ0) is 20.0. The lowest BCUT2D eigenvalue weighted by molar-refractivity contribution is 0.106.